The Balaban J connectivity index is 2.58. The van der Waals surface area contributed by atoms with Crippen molar-refractivity contribution in [3.8, 4) is 0 Å². The molecule has 2 atom stereocenters. The third-order valence-corrected chi connectivity index (χ3v) is 2.39. The summed E-state index contributed by atoms with van der Waals surface area (Å²) in [5, 5.41) is 0. The average molecular weight is 199 g/mol. The molecule has 4 N–H and O–H groups in total. The summed E-state index contributed by atoms with van der Waals surface area (Å²) in [5.41, 5.74) is 10.6. The Morgan fingerprint density at radius 1 is 1.50 bits per heavy atom. The molecular formula is C9H17N3O2. The molecule has 80 valence electrons. The van der Waals surface area contributed by atoms with Gasteiger partial charge in [-0.15, -0.1) is 0 Å². The molecule has 1 fully saturated rings. The quantitative estimate of drug-likeness (QED) is 0.612. The lowest BCUT2D eigenvalue weighted by Gasteiger charge is -2.25. The molecular weight excluding hydrogens is 182 g/mol. The molecule has 14 heavy (non-hydrogen) atoms. The lowest BCUT2D eigenvalue weighted by Crippen LogP contribution is -2.44. The van der Waals surface area contributed by atoms with E-state index in [1.807, 2.05) is 13.8 Å². The summed E-state index contributed by atoms with van der Waals surface area (Å²) in [6, 6.07) is -0.0422. The highest BCUT2D eigenvalue weighted by molar-refractivity contribution is 5.87. The number of rotatable bonds is 4. The standard InChI is InChI=1S/C9H17N3O2/c1-5(2)12(4-8(11)13)9(14)6-3-7(6)10/h5-7H,3-4,10H2,1-2H3,(H2,11,13). The summed E-state index contributed by atoms with van der Waals surface area (Å²) >= 11 is 0. The highest BCUT2D eigenvalue weighted by atomic mass is 16.2. The zero-order chi connectivity index (χ0) is 10.9. The molecule has 0 aromatic rings. The Kier molecular flexibility index (Phi) is 3.10. The SMILES string of the molecule is CC(C)N(CC(N)=O)C(=O)C1CC1N. The number of hydrogen-bond donors (Lipinski definition) is 2. The molecule has 1 saturated carbocycles. The maximum Gasteiger partial charge on any atom is 0.237 e. The Hall–Kier alpha value is -1.10. The van der Waals surface area contributed by atoms with Gasteiger partial charge in [-0.1, -0.05) is 0 Å². The summed E-state index contributed by atoms with van der Waals surface area (Å²) in [5.74, 6) is -0.635. The topological polar surface area (TPSA) is 89.4 Å². The van der Waals surface area contributed by atoms with Crippen LogP contribution in [0, 0.1) is 5.92 Å². The van der Waals surface area contributed by atoms with Crippen LogP contribution in [-0.4, -0.2) is 35.3 Å². The van der Waals surface area contributed by atoms with Crippen molar-refractivity contribution in [2.24, 2.45) is 17.4 Å². The first-order valence-corrected chi connectivity index (χ1v) is 4.78. The zero-order valence-electron chi connectivity index (χ0n) is 8.56. The van der Waals surface area contributed by atoms with Crippen LogP contribution in [0.1, 0.15) is 20.3 Å². The fraction of sp³-hybridized carbons (Fsp3) is 0.778. The molecule has 0 aliphatic heterocycles. The van der Waals surface area contributed by atoms with Gasteiger partial charge in [0, 0.05) is 12.1 Å². The summed E-state index contributed by atoms with van der Waals surface area (Å²) in [6.07, 6.45) is 0.723. The van der Waals surface area contributed by atoms with Gasteiger partial charge < -0.3 is 16.4 Å². The van der Waals surface area contributed by atoms with E-state index in [1.54, 1.807) is 0 Å². The van der Waals surface area contributed by atoms with Crippen molar-refractivity contribution in [3.63, 3.8) is 0 Å². The predicted octanol–water partition coefficient (Wildman–Crippen LogP) is -0.944. The minimum absolute atomic E-state index is 0.0113. The Morgan fingerprint density at radius 2 is 2.00 bits per heavy atom. The van der Waals surface area contributed by atoms with E-state index in [0.29, 0.717) is 0 Å². The number of carbonyl (C=O) groups excluding carboxylic acids is 2. The van der Waals surface area contributed by atoms with Crippen LogP contribution in [-0.2, 0) is 9.59 Å². The van der Waals surface area contributed by atoms with Crippen molar-refractivity contribution in [1.82, 2.24) is 4.90 Å². The number of carbonyl (C=O) groups is 2. The first kappa shape index (κ1) is 11.0. The average Bonchev–Trinajstić information content (AvgIpc) is 2.76. The van der Waals surface area contributed by atoms with E-state index >= 15 is 0 Å². The third-order valence-electron chi connectivity index (χ3n) is 2.39. The van der Waals surface area contributed by atoms with Crippen LogP contribution in [0.3, 0.4) is 0 Å². The van der Waals surface area contributed by atoms with Crippen LogP contribution >= 0.6 is 0 Å². The van der Waals surface area contributed by atoms with Crippen molar-refractivity contribution in [2.75, 3.05) is 6.54 Å². The second-order valence-corrected chi connectivity index (χ2v) is 4.03. The van der Waals surface area contributed by atoms with Crippen LogP contribution < -0.4 is 11.5 Å². The fourth-order valence-corrected chi connectivity index (χ4v) is 1.39. The Bertz CT molecular complexity index is 252. The second-order valence-electron chi connectivity index (χ2n) is 4.03. The number of amides is 2. The maximum atomic E-state index is 11.7. The van der Waals surface area contributed by atoms with Crippen LogP contribution in [0.2, 0.25) is 0 Å². The van der Waals surface area contributed by atoms with Crippen LogP contribution in [0.4, 0.5) is 0 Å². The monoisotopic (exact) mass is 199 g/mol. The van der Waals surface area contributed by atoms with Gasteiger partial charge >= 0.3 is 0 Å². The van der Waals surface area contributed by atoms with Gasteiger partial charge in [0.15, 0.2) is 0 Å². The van der Waals surface area contributed by atoms with Gasteiger partial charge in [0.25, 0.3) is 0 Å². The number of primary amides is 1. The van der Waals surface area contributed by atoms with Gasteiger partial charge in [0.2, 0.25) is 11.8 Å². The van der Waals surface area contributed by atoms with E-state index in [1.165, 1.54) is 4.90 Å². The van der Waals surface area contributed by atoms with Gasteiger partial charge in [0.1, 0.15) is 0 Å². The molecule has 2 unspecified atom stereocenters. The normalized spacial score (nSPS) is 24.9. The highest BCUT2D eigenvalue weighted by Crippen LogP contribution is 2.30. The van der Waals surface area contributed by atoms with Crippen LogP contribution in [0.25, 0.3) is 0 Å². The van der Waals surface area contributed by atoms with Gasteiger partial charge in [-0.3, -0.25) is 9.59 Å². The second kappa shape index (κ2) is 3.96. The lowest BCUT2D eigenvalue weighted by atomic mass is 10.2. The maximum absolute atomic E-state index is 11.7. The van der Waals surface area contributed by atoms with Crippen LogP contribution in [0.5, 0.6) is 0 Å². The van der Waals surface area contributed by atoms with Crippen molar-refractivity contribution in [2.45, 2.75) is 32.4 Å². The smallest absolute Gasteiger partial charge is 0.237 e. The van der Waals surface area contributed by atoms with E-state index in [4.69, 9.17) is 11.5 Å². The lowest BCUT2D eigenvalue weighted by molar-refractivity contribution is -0.138. The predicted molar refractivity (Wildman–Crippen MR) is 52.1 cm³/mol. The molecule has 1 rings (SSSR count). The Morgan fingerprint density at radius 3 is 2.29 bits per heavy atom. The summed E-state index contributed by atoms with van der Waals surface area (Å²) in [4.78, 5) is 24.0. The summed E-state index contributed by atoms with van der Waals surface area (Å²) < 4.78 is 0. The summed E-state index contributed by atoms with van der Waals surface area (Å²) in [7, 11) is 0. The van der Waals surface area contributed by atoms with Crippen molar-refractivity contribution < 1.29 is 9.59 Å². The van der Waals surface area contributed by atoms with Gasteiger partial charge in [-0.25, -0.2) is 0 Å². The molecule has 0 spiro atoms. The van der Waals surface area contributed by atoms with E-state index in [2.05, 4.69) is 0 Å². The highest BCUT2D eigenvalue weighted by Gasteiger charge is 2.43. The van der Waals surface area contributed by atoms with Gasteiger partial charge in [-0.05, 0) is 20.3 Å². The van der Waals surface area contributed by atoms with Crippen molar-refractivity contribution in [3.05, 3.63) is 0 Å². The molecule has 5 heteroatoms. The number of hydrogen-bond acceptors (Lipinski definition) is 3. The number of nitrogens with zero attached hydrogens (tertiary/aromatic N) is 1. The Labute approximate surface area is 83.4 Å². The third kappa shape index (κ3) is 2.45. The molecule has 0 aromatic carbocycles. The van der Waals surface area contributed by atoms with Crippen molar-refractivity contribution in [1.29, 1.82) is 0 Å². The first-order valence-electron chi connectivity index (χ1n) is 4.78. The van der Waals surface area contributed by atoms with Gasteiger partial charge in [0.05, 0.1) is 12.5 Å². The first-order chi connectivity index (χ1) is 6.43. The number of nitrogens with two attached hydrogens (primary N) is 2. The largest absolute Gasteiger partial charge is 0.368 e. The molecule has 0 radical (unpaired) electrons. The minimum Gasteiger partial charge on any atom is -0.368 e. The molecule has 0 bridgehead atoms. The zero-order valence-corrected chi connectivity index (χ0v) is 8.56. The van der Waals surface area contributed by atoms with E-state index in [0.717, 1.165) is 6.42 Å². The molecule has 1 aliphatic rings. The fourth-order valence-electron chi connectivity index (χ4n) is 1.39. The molecule has 2 amide bonds. The van der Waals surface area contributed by atoms with E-state index in [-0.39, 0.29) is 30.5 Å². The minimum atomic E-state index is -0.485. The van der Waals surface area contributed by atoms with Gasteiger partial charge in [-0.2, -0.15) is 0 Å². The van der Waals surface area contributed by atoms with E-state index < -0.39 is 5.91 Å². The molecule has 5 nitrogen and oxygen atoms in total. The van der Waals surface area contributed by atoms with E-state index in [9.17, 15) is 9.59 Å². The van der Waals surface area contributed by atoms with Crippen molar-refractivity contribution >= 4 is 11.8 Å². The van der Waals surface area contributed by atoms with Crippen LogP contribution in [0.15, 0.2) is 0 Å². The summed E-state index contributed by atoms with van der Waals surface area (Å²) in [6.45, 7) is 3.70. The molecule has 0 saturated heterocycles. The molecule has 0 heterocycles. The molecule has 0 aromatic heterocycles. The molecule has 1 aliphatic carbocycles.